The summed E-state index contributed by atoms with van der Waals surface area (Å²) in [7, 11) is -4.32. The van der Waals surface area contributed by atoms with E-state index in [0.717, 1.165) is 12.1 Å². The summed E-state index contributed by atoms with van der Waals surface area (Å²) in [6.45, 7) is 0. The summed E-state index contributed by atoms with van der Waals surface area (Å²) < 4.78 is 47.5. The van der Waals surface area contributed by atoms with Gasteiger partial charge in [0.15, 0.2) is 0 Å². The van der Waals surface area contributed by atoms with Crippen molar-refractivity contribution < 1.29 is 21.4 Å². The SMILES string of the molecule is O=c1ccc2ccc(OS(=O)(=O)c3ccccc3F)cc2o1. The van der Waals surface area contributed by atoms with Gasteiger partial charge >= 0.3 is 15.7 Å². The van der Waals surface area contributed by atoms with E-state index in [4.69, 9.17) is 8.60 Å². The second kappa shape index (κ2) is 5.27. The van der Waals surface area contributed by atoms with Crippen LogP contribution < -0.4 is 9.81 Å². The highest BCUT2D eigenvalue weighted by Gasteiger charge is 2.21. The summed E-state index contributed by atoms with van der Waals surface area (Å²) in [4.78, 5) is 10.6. The molecule has 1 aromatic heterocycles. The number of hydrogen-bond donors (Lipinski definition) is 0. The van der Waals surface area contributed by atoms with E-state index in [9.17, 15) is 17.6 Å². The molecule has 1 heterocycles. The summed E-state index contributed by atoms with van der Waals surface area (Å²) in [6.07, 6.45) is 0. The molecule has 112 valence electrons. The predicted octanol–water partition coefficient (Wildman–Crippen LogP) is 2.70. The van der Waals surface area contributed by atoms with Crippen LogP contribution in [-0.2, 0) is 10.1 Å². The molecule has 22 heavy (non-hydrogen) atoms. The quantitative estimate of drug-likeness (QED) is 0.548. The number of benzene rings is 2. The summed E-state index contributed by atoms with van der Waals surface area (Å²) >= 11 is 0. The lowest BCUT2D eigenvalue weighted by molar-refractivity contribution is 0.475. The fraction of sp³-hybridized carbons (Fsp3) is 0. The first-order valence-corrected chi connectivity index (χ1v) is 7.59. The van der Waals surface area contributed by atoms with Crippen LogP contribution in [0.4, 0.5) is 4.39 Å². The van der Waals surface area contributed by atoms with Gasteiger partial charge < -0.3 is 8.60 Å². The van der Waals surface area contributed by atoms with E-state index >= 15 is 0 Å². The van der Waals surface area contributed by atoms with Crippen LogP contribution in [-0.4, -0.2) is 8.42 Å². The molecule has 0 bridgehead atoms. The smallest absolute Gasteiger partial charge is 0.342 e. The van der Waals surface area contributed by atoms with E-state index in [1.165, 1.54) is 42.5 Å². The zero-order valence-electron chi connectivity index (χ0n) is 11.0. The van der Waals surface area contributed by atoms with Crippen molar-refractivity contribution in [2.24, 2.45) is 0 Å². The van der Waals surface area contributed by atoms with Gasteiger partial charge in [-0.15, -0.1) is 0 Å². The van der Waals surface area contributed by atoms with E-state index < -0.39 is 26.5 Å². The number of rotatable bonds is 3. The third kappa shape index (κ3) is 2.71. The Bertz CT molecular complexity index is 1010. The Kier molecular flexibility index (Phi) is 3.42. The van der Waals surface area contributed by atoms with Crippen LogP contribution in [0, 0.1) is 5.82 Å². The van der Waals surface area contributed by atoms with Crippen LogP contribution in [0.1, 0.15) is 0 Å². The normalized spacial score (nSPS) is 11.5. The zero-order chi connectivity index (χ0) is 15.7. The Hall–Kier alpha value is -2.67. The van der Waals surface area contributed by atoms with Crippen LogP contribution in [0.15, 0.2) is 68.7 Å². The van der Waals surface area contributed by atoms with Gasteiger partial charge in [-0.3, -0.25) is 0 Å². The molecule has 0 N–H and O–H groups in total. The Morgan fingerprint density at radius 3 is 2.50 bits per heavy atom. The molecule has 7 heteroatoms. The number of hydrogen-bond acceptors (Lipinski definition) is 5. The van der Waals surface area contributed by atoms with Crippen molar-refractivity contribution in [1.29, 1.82) is 0 Å². The molecule has 0 unspecified atom stereocenters. The third-order valence-corrected chi connectivity index (χ3v) is 4.19. The predicted molar refractivity (Wildman–Crippen MR) is 76.7 cm³/mol. The molecule has 0 aliphatic heterocycles. The fourth-order valence-electron chi connectivity index (χ4n) is 1.91. The molecule has 0 radical (unpaired) electrons. The van der Waals surface area contributed by atoms with Gasteiger partial charge in [-0.2, -0.15) is 8.42 Å². The lowest BCUT2D eigenvalue weighted by atomic mass is 10.2. The van der Waals surface area contributed by atoms with Gasteiger partial charge in [0.05, 0.1) is 0 Å². The van der Waals surface area contributed by atoms with E-state index in [1.807, 2.05) is 0 Å². The van der Waals surface area contributed by atoms with Crippen molar-refractivity contribution in [2.75, 3.05) is 0 Å². The zero-order valence-corrected chi connectivity index (χ0v) is 11.8. The molecule has 0 saturated carbocycles. The summed E-state index contributed by atoms with van der Waals surface area (Å²) in [5.74, 6) is -0.986. The van der Waals surface area contributed by atoms with Gasteiger partial charge in [0.1, 0.15) is 22.0 Å². The van der Waals surface area contributed by atoms with Crippen LogP contribution in [0.25, 0.3) is 11.0 Å². The maximum Gasteiger partial charge on any atom is 0.342 e. The summed E-state index contributed by atoms with van der Waals surface area (Å²) in [5.41, 5.74) is -0.393. The lowest BCUT2D eigenvalue weighted by Crippen LogP contribution is -2.11. The Balaban J connectivity index is 2.02. The first kappa shape index (κ1) is 14.3. The molecule has 2 aromatic carbocycles. The lowest BCUT2D eigenvalue weighted by Gasteiger charge is -2.08. The molecular formula is C15H9FO5S. The highest BCUT2D eigenvalue weighted by atomic mass is 32.2. The largest absolute Gasteiger partial charge is 0.423 e. The molecule has 0 saturated heterocycles. The van der Waals surface area contributed by atoms with Crippen molar-refractivity contribution in [2.45, 2.75) is 4.90 Å². The highest BCUT2D eigenvalue weighted by Crippen LogP contribution is 2.24. The molecule has 3 aromatic rings. The molecule has 0 spiro atoms. The second-order valence-electron chi connectivity index (χ2n) is 4.42. The first-order valence-electron chi connectivity index (χ1n) is 6.19. The average molecular weight is 320 g/mol. The topological polar surface area (TPSA) is 73.6 Å². The summed E-state index contributed by atoms with van der Waals surface area (Å²) in [6, 6.07) is 11.9. The van der Waals surface area contributed by atoms with E-state index in [2.05, 4.69) is 0 Å². The van der Waals surface area contributed by atoms with Crippen LogP contribution in [0.5, 0.6) is 5.75 Å². The maximum absolute atomic E-state index is 13.6. The van der Waals surface area contributed by atoms with Gasteiger partial charge in [0.25, 0.3) is 0 Å². The molecular weight excluding hydrogens is 311 g/mol. The van der Waals surface area contributed by atoms with Gasteiger partial charge in [0, 0.05) is 17.5 Å². The van der Waals surface area contributed by atoms with Crippen molar-refractivity contribution >= 4 is 21.1 Å². The molecule has 0 amide bonds. The Morgan fingerprint density at radius 1 is 1.00 bits per heavy atom. The fourth-order valence-corrected chi connectivity index (χ4v) is 2.91. The minimum Gasteiger partial charge on any atom is -0.423 e. The van der Waals surface area contributed by atoms with Crippen LogP contribution >= 0.6 is 0 Å². The molecule has 5 nitrogen and oxygen atoms in total. The van der Waals surface area contributed by atoms with Gasteiger partial charge in [0.2, 0.25) is 0 Å². The standard InChI is InChI=1S/C15H9FO5S/c16-12-3-1-2-4-14(12)22(18,19)21-11-7-5-10-6-8-15(17)20-13(10)9-11/h1-9H. The minimum atomic E-state index is -4.32. The molecule has 0 aliphatic rings. The van der Waals surface area contributed by atoms with Gasteiger partial charge in [-0.05, 0) is 30.3 Å². The number of fused-ring (bicyclic) bond motifs is 1. The van der Waals surface area contributed by atoms with Crippen molar-refractivity contribution in [3.05, 3.63) is 70.8 Å². The van der Waals surface area contributed by atoms with Gasteiger partial charge in [-0.25, -0.2) is 9.18 Å². The Labute approximate surface area is 124 Å². The minimum absolute atomic E-state index is 0.0786. The third-order valence-electron chi connectivity index (χ3n) is 2.91. The van der Waals surface area contributed by atoms with Crippen molar-refractivity contribution in [3.8, 4) is 5.75 Å². The number of halogens is 1. The van der Waals surface area contributed by atoms with Crippen LogP contribution in [0.2, 0.25) is 0 Å². The highest BCUT2D eigenvalue weighted by molar-refractivity contribution is 7.87. The second-order valence-corrected chi connectivity index (χ2v) is 5.94. The Morgan fingerprint density at radius 2 is 1.73 bits per heavy atom. The molecule has 0 aliphatic carbocycles. The van der Waals surface area contributed by atoms with E-state index in [0.29, 0.717) is 5.39 Å². The molecule has 0 atom stereocenters. The first-order chi connectivity index (χ1) is 10.5. The van der Waals surface area contributed by atoms with Crippen LogP contribution in [0.3, 0.4) is 0 Å². The summed E-state index contributed by atoms with van der Waals surface area (Å²) in [5, 5.41) is 0.607. The van der Waals surface area contributed by atoms with Crippen molar-refractivity contribution in [3.63, 3.8) is 0 Å². The van der Waals surface area contributed by atoms with E-state index in [-0.39, 0.29) is 11.3 Å². The van der Waals surface area contributed by atoms with Crippen molar-refractivity contribution in [1.82, 2.24) is 0 Å². The molecule has 3 rings (SSSR count). The molecule has 0 fully saturated rings. The maximum atomic E-state index is 13.6. The monoisotopic (exact) mass is 320 g/mol. The average Bonchev–Trinajstić information content (AvgIpc) is 2.46. The van der Waals surface area contributed by atoms with Gasteiger partial charge in [-0.1, -0.05) is 12.1 Å². The van der Waals surface area contributed by atoms with E-state index in [1.54, 1.807) is 0 Å².